The highest BCUT2D eigenvalue weighted by atomic mass is 19.4. The van der Waals surface area contributed by atoms with Crippen molar-refractivity contribution in [1.29, 1.82) is 0 Å². The molecule has 2 aromatic carbocycles. The summed E-state index contributed by atoms with van der Waals surface area (Å²) in [7, 11) is 0. The van der Waals surface area contributed by atoms with Gasteiger partial charge in [0.05, 0.1) is 42.4 Å². The molecule has 1 atom stereocenters. The van der Waals surface area contributed by atoms with Gasteiger partial charge in [0.25, 0.3) is 0 Å². The van der Waals surface area contributed by atoms with Gasteiger partial charge in [-0.05, 0) is 43.3 Å². The zero-order valence-electron chi connectivity index (χ0n) is 18.6. The summed E-state index contributed by atoms with van der Waals surface area (Å²) in [6.07, 6.45) is -0.363. The van der Waals surface area contributed by atoms with Gasteiger partial charge < -0.3 is 15.3 Å². The maximum absolute atomic E-state index is 14.2. The number of alkyl halides is 3. The Balaban J connectivity index is 1.62. The maximum atomic E-state index is 14.2. The van der Waals surface area contributed by atoms with E-state index in [4.69, 9.17) is 0 Å². The van der Waals surface area contributed by atoms with E-state index in [-0.39, 0.29) is 12.2 Å². The molecule has 11 heteroatoms. The van der Waals surface area contributed by atoms with E-state index < -0.39 is 36.5 Å². The van der Waals surface area contributed by atoms with Gasteiger partial charge >= 0.3 is 6.18 Å². The minimum absolute atomic E-state index is 0.0910. The Hall–Kier alpha value is -3.73. The highest BCUT2D eigenvalue weighted by molar-refractivity contribution is 5.92. The van der Waals surface area contributed by atoms with Crippen LogP contribution in [-0.4, -0.2) is 51.3 Å². The number of benzene rings is 2. The number of nitrogens with one attached hydrogen (secondary N) is 1. The van der Waals surface area contributed by atoms with Crippen LogP contribution in [0.2, 0.25) is 0 Å². The Morgan fingerprint density at radius 2 is 1.86 bits per heavy atom. The number of halogens is 5. The van der Waals surface area contributed by atoms with E-state index in [2.05, 4.69) is 15.4 Å². The average molecular weight is 491 g/mol. The van der Waals surface area contributed by atoms with Crippen LogP contribution in [0.15, 0.2) is 67.1 Å². The summed E-state index contributed by atoms with van der Waals surface area (Å²) in [4.78, 5) is 5.00. The molecule has 2 aromatic heterocycles. The van der Waals surface area contributed by atoms with Crippen molar-refractivity contribution in [2.24, 2.45) is 0 Å². The van der Waals surface area contributed by atoms with Gasteiger partial charge in [0.2, 0.25) is 0 Å². The Morgan fingerprint density at radius 1 is 1.06 bits per heavy atom. The number of nitrogens with zero attached hydrogens (tertiary/aromatic N) is 4. The molecular weight excluding hydrogens is 469 g/mol. The van der Waals surface area contributed by atoms with Crippen LogP contribution in [0.4, 0.5) is 33.3 Å². The molecule has 2 N–H and O–H groups in total. The van der Waals surface area contributed by atoms with Crippen LogP contribution in [0.25, 0.3) is 16.6 Å². The van der Waals surface area contributed by atoms with Gasteiger partial charge in [0.15, 0.2) is 5.60 Å². The first-order chi connectivity index (χ1) is 16.6. The van der Waals surface area contributed by atoms with Crippen molar-refractivity contribution in [3.63, 3.8) is 0 Å². The first-order valence-electron chi connectivity index (χ1n) is 10.7. The number of likely N-dealkylation sites (N-methyl/N-ethyl adjacent to an activating group) is 1. The molecule has 1 unspecified atom stereocenters. The van der Waals surface area contributed by atoms with Crippen LogP contribution >= 0.6 is 0 Å². The highest BCUT2D eigenvalue weighted by Crippen LogP contribution is 2.34. The fraction of sp³-hybridized carbons (Fsp3) is 0.250. The predicted octanol–water partition coefficient (Wildman–Crippen LogP) is 4.93. The molecule has 0 aliphatic carbocycles. The Morgan fingerprint density at radius 3 is 2.54 bits per heavy atom. The zero-order valence-corrected chi connectivity index (χ0v) is 18.6. The lowest BCUT2D eigenvalue weighted by atomic mass is 10.0. The Bertz CT molecular complexity index is 1310. The highest BCUT2D eigenvalue weighted by Gasteiger charge is 2.54. The van der Waals surface area contributed by atoms with Gasteiger partial charge in [-0.1, -0.05) is 6.07 Å². The van der Waals surface area contributed by atoms with Crippen LogP contribution in [0.5, 0.6) is 0 Å². The standard InChI is InChI=1S/C24H22F5N5O/c1-2-33(22-11-16(25)8-9-19(22)26)15-23(35,24(27,28)29)14-31-20-6-3-7-21-18(20)13-32-34(21)17-5-4-10-30-12-17/h3-13,31,35H,2,14-15H2,1H3. The Kier molecular flexibility index (Phi) is 6.62. The van der Waals surface area contributed by atoms with Crippen molar-refractivity contribution in [3.05, 3.63) is 78.8 Å². The number of aromatic nitrogens is 3. The average Bonchev–Trinajstić information content (AvgIpc) is 3.27. The third-order valence-electron chi connectivity index (χ3n) is 5.69. The predicted molar refractivity (Wildman–Crippen MR) is 123 cm³/mol. The zero-order chi connectivity index (χ0) is 25.2. The number of hydrogen-bond acceptors (Lipinski definition) is 5. The lowest BCUT2D eigenvalue weighted by Gasteiger charge is -2.36. The number of anilines is 2. The van der Waals surface area contributed by atoms with Gasteiger partial charge in [-0.25, -0.2) is 13.5 Å². The van der Waals surface area contributed by atoms with Crippen molar-refractivity contribution < 1.29 is 27.1 Å². The molecule has 0 aliphatic heterocycles. The summed E-state index contributed by atoms with van der Waals surface area (Å²) >= 11 is 0. The molecule has 0 amide bonds. The van der Waals surface area contributed by atoms with Crippen molar-refractivity contribution in [1.82, 2.24) is 14.8 Å². The summed E-state index contributed by atoms with van der Waals surface area (Å²) in [5.41, 5.74) is -2.03. The van der Waals surface area contributed by atoms with Crippen molar-refractivity contribution in [2.75, 3.05) is 29.9 Å². The normalized spacial score (nSPS) is 13.6. The molecule has 184 valence electrons. The second-order valence-corrected chi connectivity index (χ2v) is 8.00. The monoisotopic (exact) mass is 491 g/mol. The second-order valence-electron chi connectivity index (χ2n) is 8.00. The summed E-state index contributed by atoms with van der Waals surface area (Å²) in [6, 6.07) is 11.0. The van der Waals surface area contributed by atoms with Crippen LogP contribution in [-0.2, 0) is 0 Å². The van der Waals surface area contributed by atoms with Gasteiger partial charge in [0.1, 0.15) is 11.6 Å². The van der Waals surface area contributed by atoms with Crippen LogP contribution in [0, 0.1) is 11.6 Å². The molecule has 0 bridgehead atoms. The molecule has 0 radical (unpaired) electrons. The SMILES string of the molecule is CCN(CC(O)(CNc1cccc2c1cnn2-c1cccnc1)C(F)(F)F)c1cc(F)ccc1F. The quantitative estimate of drug-likeness (QED) is 0.342. The molecule has 0 fully saturated rings. The topological polar surface area (TPSA) is 66.2 Å². The van der Waals surface area contributed by atoms with Crippen molar-refractivity contribution in [2.45, 2.75) is 18.7 Å². The van der Waals surface area contributed by atoms with Gasteiger partial charge in [0, 0.05) is 29.9 Å². The second kappa shape index (κ2) is 9.49. The number of rotatable bonds is 8. The molecule has 0 aliphatic rings. The third-order valence-corrected chi connectivity index (χ3v) is 5.69. The molecule has 0 spiro atoms. The van der Waals surface area contributed by atoms with Crippen LogP contribution in [0.3, 0.4) is 0 Å². The number of pyridine rings is 1. The first kappa shape index (κ1) is 24.4. The van der Waals surface area contributed by atoms with Gasteiger partial charge in [-0.3, -0.25) is 4.98 Å². The van der Waals surface area contributed by atoms with Crippen molar-refractivity contribution >= 4 is 22.3 Å². The summed E-state index contributed by atoms with van der Waals surface area (Å²) in [5, 5.41) is 18.2. The largest absolute Gasteiger partial charge is 0.420 e. The molecule has 4 rings (SSSR count). The van der Waals surface area contributed by atoms with E-state index in [1.165, 1.54) is 13.1 Å². The van der Waals surface area contributed by atoms with Crippen molar-refractivity contribution in [3.8, 4) is 5.69 Å². The molecule has 6 nitrogen and oxygen atoms in total. The smallest absolute Gasteiger partial charge is 0.381 e. The maximum Gasteiger partial charge on any atom is 0.420 e. The van der Waals surface area contributed by atoms with Crippen LogP contribution in [0.1, 0.15) is 6.92 Å². The first-order valence-corrected chi connectivity index (χ1v) is 10.7. The van der Waals surface area contributed by atoms with E-state index in [0.717, 1.165) is 23.1 Å². The number of hydrogen-bond donors (Lipinski definition) is 2. The lowest BCUT2D eigenvalue weighted by molar-refractivity contribution is -0.250. The third kappa shape index (κ3) is 4.90. The van der Waals surface area contributed by atoms with E-state index in [0.29, 0.717) is 22.3 Å². The van der Waals surface area contributed by atoms with Crippen LogP contribution < -0.4 is 10.2 Å². The molecule has 35 heavy (non-hydrogen) atoms. The fourth-order valence-electron chi connectivity index (χ4n) is 3.79. The minimum atomic E-state index is -5.06. The Labute approximate surface area is 197 Å². The minimum Gasteiger partial charge on any atom is -0.381 e. The summed E-state index contributed by atoms with van der Waals surface area (Å²) < 4.78 is 71.6. The number of aliphatic hydroxyl groups is 1. The van der Waals surface area contributed by atoms with Gasteiger partial charge in [-0.2, -0.15) is 18.3 Å². The summed E-state index contributed by atoms with van der Waals surface area (Å²) in [6.45, 7) is -0.541. The van der Waals surface area contributed by atoms with E-state index in [1.807, 2.05) is 0 Å². The van der Waals surface area contributed by atoms with E-state index in [9.17, 15) is 27.1 Å². The van der Waals surface area contributed by atoms with E-state index >= 15 is 0 Å². The van der Waals surface area contributed by atoms with Gasteiger partial charge in [-0.15, -0.1) is 0 Å². The van der Waals surface area contributed by atoms with E-state index in [1.54, 1.807) is 47.4 Å². The summed E-state index contributed by atoms with van der Waals surface area (Å²) in [5.74, 6) is -1.69. The fourth-order valence-corrected chi connectivity index (χ4v) is 3.79. The molecule has 4 aromatic rings. The molecular formula is C24H22F5N5O. The molecule has 0 saturated carbocycles. The number of fused-ring (bicyclic) bond motifs is 1. The lowest BCUT2D eigenvalue weighted by Crippen LogP contribution is -2.58. The molecule has 0 saturated heterocycles. The molecule has 2 heterocycles.